The van der Waals surface area contributed by atoms with Gasteiger partial charge in [0.15, 0.2) is 0 Å². The van der Waals surface area contributed by atoms with Gasteiger partial charge in [-0.05, 0) is 51.3 Å². The second-order valence-electron chi connectivity index (χ2n) is 5.88. The summed E-state index contributed by atoms with van der Waals surface area (Å²) >= 11 is 0. The van der Waals surface area contributed by atoms with Gasteiger partial charge in [-0.2, -0.15) is 0 Å². The van der Waals surface area contributed by atoms with E-state index in [-0.39, 0.29) is 10.6 Å². The first-order valence-electron chi connectivity index (χ1n) is 7.20. The highest BCUT2D eigenvalue weighted by molar-refractivity contribution is 5.55. The van der Waals surface area contributed by atoms with Gasteiger partial charge in [0.2, 0.25) is 0 Å². The van der Waals surface area contributed by atoms with Crippen molar-refractivity contribution in [3.05, 3.63) is 33.9 Å². The number of nitrogens with zero attached hydrogens (tertiary/aromatic N) is 2. The van der Waals surface area contributed by atoms with E-state index in [0.29, 0.717) is 12.0 Å². The summed E-state index contributed by atoms with van der Waals surface area (Å²) in [4.78, 5) is 12.9. The fraction of sp³-hybridized carbons (Fsp3) is 0.600. The summed E-state index contributed by atoms with van der Waals surface area (Å²) in [6.45, 7) is 9.61. The van der Waals surface area contributed by atoms with Crippen molar-refractivity contribution in [2.45, 2.75) is 33.2 Å². The Labute approximate surface area is 120 Å². The Morgan fingerprint density at radius 3 is 2.80 bits per heavy atom. The largest absolute Gasteiger partial charge is 0.384 e. The van der Waals surface area contributed by atoms with Gasteiger partial charge in [0.05, 0.1) is 4.92 Å². The standard InChI is InChI=1S/C15H23N3O2/c1-11(2)17-7-6-13(10-17)9-16-15-5-4-14(18(19)20)8-12(15)3/h4-5,8,11,13,16H,6-7,9-10H2,1-3H3. The zero-order chi connectivity index (χ0) is 14.7. The molecule has 5 nitrogen and oxygen atoms in total. The van der Waals surface area contributed by atoms with Crippen LogP contribution in [-0.4, -0.2) is 35.5 Å². The Kier molecular flexibility index (Phi) is 4.60. The lowest BCUT2D eigenvalue weighted by molar-refractivity contribution is -0.384. The summed E-state index contributed by atoms with van der Waals surface area (Å²) in [5, 5.41) is 14.1. The molecule has 0 amide bonds. The van der Waals surface area contributed by atoms with E-state index in [0.717, 1.165) is 24.3 Å². The molecule has 0 bridgehead atoms. The number of aryl methyl sites for hydroxylation is 1. The molecular weight excluding hydrogens is 254 g/mol. The Hall–Kier alpha value is -1.62. The number of hydrogen-bond acceptors (Lipinski definition) is 4. The summed E-state index contributed by atoms with van der Waals surface area (Å²) in [6, 6.07) is 5.60. The van der Waals surface area contributed by atoms with Crippen molar-refractivity contribution >= 4 is 11.4 Å². The Balaban J connectivity index is 1.90. The molecule has 1 N–H and O–H groups in total. The maximum atomic E-state index is 10.7. The van der Waals surface area contributed by atoms with Crippen LogP contribution in [0.15, 0.2) is 18.2 Å². The minimum absolute atomic E-state index is 0.153. The van der Waals surface area contributed by atoms with Gasteiger partial charge in [-0.3, -0.25) is 10.1 Å². The summed E-state index contributed by atoms with van der Waals surface area (Å²) in [5.74, 6) is 0.659. The predicted octanol–water partition coefficient (Wildman–Crippen LogP) is 3.05. The average molecular weight is 277 g/mol. The highest BCUT2D eigenvalue weighted by atomic mass is 16.6. The van der Waals surface area contributed by atoms with Gasteiger partial charge in [-0.15, -0.1) is 0 Å². The molecule has 1 saturated heterocycles. The smallest absolute Gasteiger partial charge is 0.269 e. The quantitative estimate of drug-likeness (QED) is 0.664. The van der Waals surface area contributed by atoms with Crippen LogP contribution in [0.2, 0.25) is 0 Å². The van der Waals surface area contributed by atoms with Crippen LogP contribution in [-0.2, 0) is 0 Å². The summed E-state index contributed by atoms with van der Waals surface area (Å²) in [5.41, 5.74) is 2.08. The molecule has 110 valence electrons. The zero-order valence-electron chi connectivity index (χ0n) is 12.4. The number of nitrogens with one attached hydrogen (secondary N) is 1. The molecule has 0 aromatic heterocycles. The van der Waals surface area contributed by atoms with Crippen molar-refractivity contribution in [1.29, 1.82) is 0 Å². The molecule has 1 aliphatic heterocycles. The Morgan fingerprint density at radius 2 is 2.25 bits per heavy atom. The van der Waals surface area contributed by atoms with E-state index in [1.54, 1.807) is 12.1 Å². The van der Waals surface area contributed by atoms with Crippen LogP contribution in [0, 0.1) is 23.0 Å². The second-order valence-corrected chi connectivity index (χ2v) is 5.88. The normalized spacial score (nSPS) is 19.5. The van der Waals surface area contributed by atoms with E-state index >= 15 is 0 Å². The minimum Gasteiger partial charge on any atom is -0.384 e. The number of rotatable bonds is 5. The average Bonchev–Trinajstić information content (AvgIpc) is 2.86. The molecule has 1 heterocycles. The first kappa shape index (κ1) is 14.8. The third kappa shape index (κ3) is 3.48. The van der Waals surface area contributed by atoms with Crippen LogP contribution in [0.3, 0.4) is 0 Å². The van der Waals surface area contributed by atoms with E-state index in [1.165, 1.54) is 13.0 Å². The topological polar surface area (TPSA) is 58.4 Å². The van der Waals surface area contributed by atoms with Crippen molar-refractivity contribution in [2.75, 3.05) is 25.0 Å². The lowest BCUT2D eigenvalue weighted by Gasteiger charge is -2.20. The van der Waals surface area contributed by atoms with Gasteiger partial charge < -0.3 is 10.2 Å². The SMILES string of the molecule is Cc1cc([N+](=O)[O-])ccc1NCC1CCN(C(C)C)C1. The molecule has 0 aliphatic carbocycles. The van der Waals surface area contributed by atoms with Gasteiger partial charge in [0.25, 0.3) is 5.69 Å². The molecule has 0 spiro atoms. The van der Waals surface area contributed by atoms with Crippen LogP contribution in [0.1, 0.15) is 25.8 Å². The molecule has 1 aromatic carbocycles. The Morgan fingerprint density at radius 1 is 1.50 bits per heavy atom. The molecule has 1 aliphatic rings. The van der Waals surface area contributed by atoms with Crippen molar-refractivity contribution in [3.63, 3.8) is 0 Å². The van der Waals surface area contributed by atoms with Crippen LogP contribution in [0.25, 0.3) is 0 Å². The van der Waals surface area contributed by atoms with Gasteiger partial charge in [0, 0.05) is 37.0 Å². The Bertz CT molecular complexity index is 488. The predicted molar refractivity (Wildman–Crippen MR) is 81.1 cm³/mol. The number of anilines is 1. The molecule has 1 unspecified atom stereocenters. The molecule has 5 heteroatoms. The number of nitro groups is 1. The third-order valence-corrected chi connectivity index (χ3v) is 4.05. The van der Waals surface area contributed by atoms with Crippen LogP contribution in [0.4, 0.5) is 11.4 Å². The molecule has 0 saturated carbocycles. The van der Waals surface area contributed by atoms with E-state index in [2.05, 4.69) is 24.1 Å². The maximum Gasteiger partial charge on any atom is 0.269 e. The minimum atomic E-state index is -0.353. The molecule has 1 atom stereocenters. The maximum absolute atomic E-state index is 10.7. The molecule has 1 fully saturated rings. The number of nitro benzene ring substituents is 1. The fourth-order valence-electron chi connectivity index (χ4n) is 2.71. The molecule has 0 radical (unpaired) electrons. The van der Waals surface area contributed by atoms with E-state index in [9.17, 15) is 10.1 Å². The zero-order valence-corrected chi connectivity index (χ0v) is 12.4. The van der Waals surface area contributed by atoms with E-state index < -0.39 is 0 Å². The van der Waals surface area contributed by atoms with E-state index in [1.807, 2.05) is 13.0 Å². The van der Waals surface area contributed by atoms with Gasteiger partial charge in [0.1, 0.15) is 0 Å². The van der Waals surface area contributed by atoms with Crippen molar-refractivity contribution < 1.29 is 4.92 Å². The molecule has 2 rings (SSSR count). The molecular formula is C15H23N3O2. The first-order chi connectivity index (χ1) is 9.47. The number of hydrogen-bond donors (Lipinski definition) is 1. The van der Waals surface area contributed by atoms with Gasteiger partial charge in [-0.25, -0.2) is 0 Å². The summed E-state index contributed by atoms with van der Waals surface area (Å²) in [6.07, 6.45) is 1.22. The van der Waals surface area contributed by atoms with Crippen LogP contribution >= 0.6 is 0 Å². The highest BCUT2D eigenvalue weighted by Crippen LogP contribution is 2.23. The molecule has 20 heavy (non-hydrogen) atoms. The second kappa shape index (κ2) is 6.22. The van der Waals surface area contributed by atoms with Crippen molar-refractivity contribution in [2.24, 2.45) is 5.92 Å². The van der Waals surface area contributed by atoms with E-state index in [4.69, 9.17) is 0 Å². The fourth-order valence-corrected chi connectivity index (χ4v) is 2.71. The monoisotopic (exact) mass is 277 g/mol. The highest BCUT2D eigenvalue weighted by Gasteiger charge is 2.23. The first-order valence-corrected chi connectivity index (χ1v) is 7.20. The summed E-state index contributed by atoms with van der Waals surface area (Å²) < 4.78 is 0. The number of likely N-dealkylation sites (tertiary alicyclic amines) is 1. The number of non-ortho nitro benzene ring substituents is 1. The molecule has 1 aromatic rings. The lowest BCUT2D eigenvalue weighted by Crippen LogP contribution is -2.29. The van der Waals surface area contributed by atoms with Crippen molar-refractivity contribution in [3.8, 4) is 0 Å². The number of benzene rings is 1. The van der Waals surface area contributed by atoms with Crippen molar-refractivity contribution in [1.82, 2.24) is 4.90 Å². The van der Waals surface area contributed by atoms with Gasteiger partial charge in [-0.1, -0.05) is 0 Å². The summed E-state index contributed by atoms with van der Waals surface area (Å²) in [7, 11) is 0. The lowest BCUT2D eigenvalue weighted by atomic mass is 10.1. The van der Waals surface area contributed by atoms with Crippen LogP contribution < -0.4 is 5.32 Å². The third-order valence-electron chi connectivity index (χ3n) is 4.05. The van der Waals surface area contributed by atoms with Gasteiger partial charge >= 0.3 is 0 Å². The van der Waals surface area contributed by atoms with Crippen LogP contribution in [0.5, 0.6) is 0 Å².